The second-order valence-corrected chi connectivity index (χ2v) is 2.98. The number of carbonyl (C=O) groups excluding carboxylic acids is 1. The van der Waals surface area contributed by atoms with Crippen molar-refractivity contribution >= 4 is 30.0 Å². The summed E-state index contributed by atoms with van der Waals surface area (Å²) in [5.74, 6) is 4.87. The Kier molecular flexibility index (Phi) is 6.83. The summed E-state index contributed by atoms with van der Waals surface area (Å²) in [5.41, 5.74) is 1.57. The number of methoxy groups -OCH3 is 1. The normalized spacial score (nSPS) is 11.2. The molecule has 16 heavy (non-hydrogen) atoms. The van der Waals surface area contributed by atoms with Crippen molar-refractivity contribution < 1.29 is 14.3 Å². The predicted octanol–water partition coefficient (Wildman–Crippen LogP) is 1.26. The Bertz CT molecular complexity index is 349. The summed E-state index contributed by atoms with van der Waals surface area (Å²) in [7, 11) is 1.29. The van der Waals surface area contributed by atoms with Crippen molar-refractivity contribution in [3.05, 3.63) is 29.8 Å². The molecule has 0 radical (unpaired) electrons. The van der Waals surface area contributed by atoms with Crippen molar-refractivity contribution in [1.82, 2.24) is 5.43 Å². The average molecular weight is 267 g/mol. The SMILES string of the molecule is COC(=O)c1ccccc1OC(Cl)NN.Cl. The highest BCUT2D eigenvalue weighted by molar-refractivity contribution is 6.19. The molecule has 1 aromatic carbocycles. The van der Waals surface area contributed by atoms with Crippen molar-refractivity contribution in [2.24, 2.45) is 5.84 Å². The van der Waals surface area contributed by atoms with Gasteiger partial charge in [0.15, 0.2) is 0 Å². The molecule has 1 atom stereocenters. The fourth-order valence-corrected chi connectivity index (χ4v) is 1.09. The molecule has 0 amide bonds. The second kappa shape index (κ2) is 7.29. The third-order valence-corrected chi connectivity index (χ3v) is 1.87. The molecular formula is C9H12Cl2N2O3. The van der Waals surface area contributed by atoms with E-state index in [-0.39, 0.29) is 12.4 Å². The number of carbonyl (C=O) groups is 1. The van der Waals surface area contributed by atoms with Crippen molar-refractivity contribution in [3.63, 3.8) is 0 Å². The van der Waals surface area contributed by atoms with Gasteiger partial charge in [-0.15, -0.1) is 12.4 Å². The topological polar surface area (TPSA) is 73.6 Å². The summed E-state index contributed by atoms with van der Waals surface area (Å²) in [6.07, 6.45) is 0. The summed E-state index contributed by atoms with van der Waals surface area (Å²) in [6.45, 7) is 0. The van der Waals surface area contributed by atoms with Crippen LogP contribution in [0, 0.1) is 0 Å². The van der Waals surface area contributed by atoms with E-state index in [0.29, 0.717) is 11.3 Å². The number of esters is 1. The van der Waals surface area contributed by atoms with Gasteiger partial charge in [0.2, 0.25) is 5.69 Å². The van der Waals surface area contributed by atoms with E-state index in [1.807, 2.05) is 0 Å². The standard InChI is InChI=1S/C9H11ClN2O3.ClH/c1-14-8(13)6-4-2-3-5-7(6)15-9(10)12-11;/h2-5,9,12H,11H2,1H3;1H. The van der Waals surface area contributed by atoms with Gasteiger partial charge in [0.05, 0.1) is 7.11 Å². The molecule has 0 aromatic heterocycles. The number of hydrogen-bond donors (Lipinski definition) is 2. The second-order valence-electron chi connectivity index (χ2n) is 2.59. The van der Waals surface area contributed by atoms with Gasteiger partial charge in [0.1, 0.15) is 11.3 Å². The number of rotatable bonds is 4. The molecule has 3 N–H and O–H groups in total. The summed E-state index contributed by atoms with van der Waals surface area (Å²) in [5, 5.41) is 0. The Hall–Kier alpha value is -1.01. The number of hydrazine groups is 1. The van der Waals surface area contributed by atoms with Crippen LogP contribution < -0.4 is 16.0 Å². The summed E-state index contributed by atoms with van der Waals surface area (Å²) < 4.78 is 9.72. The van der Waals surface area contributed by atoms with Crippen molar-refractivity contribution in [3.8, 4) is 5.75 Å². The lowest BCUT2D eigenvalue weighted by atomic mass is 10.2. The number of nitrogens with two attached hydrogens (primary N) is 1. The van der Waals surface area contributed by atoms with Crippen LogP contribution in [0.25, 0.3) is 0 Å². The first kappa shape index (κ1) is 15.0. The molecule has 5 nitrogen and oxygen atoms in total. The quantitative estimate of drug-likeness (QED) is 0.214. The third-order valence-electron chi connectivity index (χ3n) is 1.65. The number of ether oxygens (including phenoxy) is 2. The Morgan fingerprint density at radius 3 is 2.69 bits per heavy atom. The first-order valence-corrected chi connectivity index (χ1v) is 4.57. The molecule has 0 spiro atoms. The number of halogens is 2. The van der Waals surface area contributed by atoms with E-state index in [1.54, 1.807) is 24.3 Å². The van der Waals surface area contributed by atoms with Crippen LogP contribution in [0.15, 0.2) is 24.3 Å². The van der Waals surface area contributed by atoms with Gasteiger partial charge < -0.3 is 9.47 Å². The average Bonchev–Trinajstić information content (AvgIpc) is 2.28. The monoisotopic (exact) mass is 266 g/mol. The predicted molar refractivity (Wildman–Crippen MR) is 62.6 cm³/mol. The minimum atomic E-state index is -0.907. The molecule has 0 aliphatic rings. The van der Waals surface area contributed by atoms with Gasteiger partial charge >= 0.3 is 5.97 Å². The maximum Gasteiger partial charge on any atom is 0.341 e. The Morgan fingerprint density at radius 1 is 1.50 bits per heavy atom. The van der Waals surface area contributed by atoms with Crippen molar-refractivity contribution in [2.75, 3.05) is 7.11 Å². The van der Waals surface area contributed by atoms with Crippen LogP contribution in [0.5, 0.6) is 5.75 Å². The number of nitrogens with one attached hydrogen (secondary N) is 1. The van der Waals surface area contributed by atoms with Gasteiger partial charge in [-0.3, -0.25) is 5.84 Å². The molecule has 1 unspecified atom stereocenters. The van der Waals surface area contributed by atoms with Gasteiger partial charge in [-0.05, 0) is 12.1 Å². The summed E-state index contributed by atoms with van der Waals surface area (Å²) in [4.78, 5) is 11.3. The zero-order chi connectivity index (χ0) is 11.3. The lowest BCUT2D eigenvalue weighted by molar-refractivity contribution is 0.0594. The van der Waals surface area contributed by atoms with Gasteiger partial charge in [0.25, 0.3) is 0 Å². The molecule has 0 saturated heterocycles. The van der Waals surface area contributed by atoms with Crippen LogP contribution in [0.4, 0.5) is 0 Å². The van der Waals surface area contributed by atoms with Gasteiger partial charge in [-0.25, -0.2) is 10.2 Å². The fraction of sp³-hybridized carbons (Fsp3) is 0.222. The van der Waals surface area contributed by atoms with Gasteiger partial charge in [-0.2, -0.15) is 0 Å². The molecule has 1 aromatic rings. The highest BCUT2D eigenvalue weighted by Crippen LogP contribution is 2.20. The van der Waals surface area contributed by atoms with Crippen molar-refractivity contribution in [2.45, 2.75) is 5.69 Å². The minimum Gasteiger partial charge on any atom is -0.465 e. The lowest BCUT2D eigenvalue weighted by Gasteiger charge is -2.13. The van der Waals surface area contributed by atoms with E-state index < -0.39 is 11.7 Å². The molecular weight excluding hydrogens is 255 g/mol. The number of alkyl halides is 1. The summed E-state index contributed by atoms with van der Waals surface area (Å²) >= 11 is 5.61. The molecule has 90 valence electrons. The molecule has 0 bridgehead atoms. The van der Waals surface area contributed by atoms with Crippen LogP contribution in [-0.2, 0) is 4.74 Å². The van der Waals surface area contributed by atoms with Crippen LogP contribution in [0.2, 0.25) is 0 Å². The molecule has 0 fully saturated rings. The smallest absolute Gasteiger partial charge is 0.341 e. The van der Waals surface area contributed by atoms with Gasteiger partial charge in [0, 0.05) is 0 Å². The number of benzene rings is 1. The minimum absolute atomic E-state index is 0. The number of para-hydroxylation sites is 1. The van der Waals surface area contributed by atoms with E-state index in [9.17, 15) is 4.79 Å². The Labute approximate surface area is 104 Å². The summed E-state index contributed by atoms with van der Waals surface area (Å²) in [6, 6.07) is 6.57. The molecule has 0 heterocycles. The Balaban J connectivity index is 0.00000225. The molecule has 7 heteroatoms. The van der Waals surface area contributed by atoms with Gasteiger partial charge in [-0.1, -0.05) is 23.7 Å². The largest absolute Gasteiger partial charge is 0.465 e. The zero-order valence-electron chi connectivity index (χ0n) is 8.48. The zero-order valence-corrected chi connectivity index (χ0v) is 10.0. The van der Waals surface area contributed by atoms with E-state index in [1.165, 1.54) is 7.11 Å². The maximum atomic E-state index is 11.3. The highest BCUT2D eigenvalue weighted by Gasteiger charge is 2.14. The number of hydrogen-bond acceptors (Lipinski definition) is 5. The lowest BCUT2D eigenvalue weighted by Crippen LogP contribution is -2.35. The third kappa shape index (κ3) is 3.86. The van der Waals surface area contributed by atoms with Crippen LogP contribution in [0.1, 0.15) is 10.4 Å². The first-order chi connectivity index (χ1) is 7.19. The van der Waals surface area contributed by atoms with Crippen LogP contribution >= 0.6 is 24.0 Å². The van der Waals surface area contributed by atoms with Crippen LogP contribution in [-0.4, -0.2) is 18.8 Å². The molecule has 0 saturated carbocycles. The van der Waals surface area contributed by atoms with Crippen LogP contribution in [0.3, 0.4) is 0 Å². The van der Waals surface area contributed by atoms with E-state index in [2.05, 4.69) is 10.2 Å². The maximum absolute atomic E-state index is 11.3. The first-order valence-electron chi connectivity index (χ1n) is 4.13. The van der Waals surface area contributed by atoms with E-state index in [0.717, 1.165) is 0 Å². The molecule has 0 aliphatic carbocycles. The van der Waals surface area contributed by atoms with E-state index >= 15 is 0 Å². The highest BCUT2D eigenvalue weighted by atomic mass is 35.5. The van der Waals surface area contributed by atoms with E-state index in [4.69, 9.17) is 22.2 Å². The molecule has 0 aliphatic heterocycles. The molecule has 1 rings (SSSR count). The van der Waals surface area contributed by atoms with Crippen molar-refractivity contribution in [1.29, 1.82) is 0 Å². The fourth-order valence-electron chi connectivity index (χ4n) is 0.993. The Morgan fingerprint density at radius 2 is 2.12 bits per heavy atom.